The SMILES string of the molecule is Cc1c(CNC(CCO)C2CCCCC2)cc(C#N)n1C. The summed E-state index contributed by atoms with van der Waals surface area (Å²) in [7, 11) is 1.93. The number of hydrogen-bond acceptors (Lipinski definition) is 3. The van der Waals surface area contributed by atoms with Gasteiger partial charge < -0.3 is 15.0 Å². The molecule has 0 saturated heterocycles. The van der Waals surface area contributed by atoms with Gasteiger partial charge in [-0.15, -0.1) is 0 Å². The Hall–Kier alpha value is -1.31. The van der Waals surface area contributed by atoms with Gasteiger partial charge >= 0.3 is 0 Å². The van der Waals surface area contributed by atoms with Gasteiger partial charge in [0.2, 0.25) is 0 Å². The maximum Gasteiger partial charge on any atom is 0.120 e. The molecule has 4 heteroatoms. The minimum Gasteiger partial charge on any atom is -0.396 e. The van der Waals surface area contributed by atoms with Crippen LogP contribution in [0.2, 0.25) is 0 Å². The Morgan fingerprint density at radius 1 is 1.43 bits per heavy atom. The zero-order valence-electron chi connectivity index (χ0n) is 13.2. The van der Waals surface area contributed by atoms with Gasteiger partial charge in [-0.05, 0) is 43.7 Å². The molecule has 116 valence electrons. The monoisotopic (exact) mass is 289 g/mol. The molecule has 0 aromatic carbocycles. The van der Waals surface area contributed by atoms with Crippen molar-refractivity contribution >= 4 is 0 Å². The van der Waals surface area contributed by atoms with Gasteiger partial charge in [-0.1, -0.05) is 19.3 Å². The van der Waals surface area contributed by atoms with Crippen molar-refractivity contribution in [3.8, 4) is 6.07 Å². The summed E-state index contributed by atoms with van der Waals surface area (Å²) < 4.78 is 1.94. The fourth-order valence-corrected chi connectivity index (χ4v) is 3.47. The van der Waals surface area contributed by atoms with Crippen LogP contribution in [0.3, 0.4) is 0 Å². The Labute approximate surface area is 127 Å². The van der Waals surface area contributed by atoms with E-state index in [9.17, 15) is 5.11 Å². The Balaban J connectivity index is 1.99. The van der Waals surface area contributed by atoms with E-state index in [4.69, 9.17) is 5.26 Å². The minimum absolute atomic E-state index is 0.241. The zero-order chi connectivity index (χ0) is 15.2. The zero-order valence-corrected chi connectivity index (χ0v) is 13.2. The molecule has 1 saturated carbocycles. The molecule has 2 rings (SSSR count). The van der Waals surface area contributed by atoms with Crippen LogP contribution in [0.15, 0.2) is 6.07 Å². The molecule has 1 aliphatic carbocycles. The summed E-state index contributed by atoms with van der Waals surface area (Å²) >= 11 is 0. The van der Waals surface area contributed by atoms with E-state index in [1.807, 2.05) is 17.7 Å². The summed E-state index contributed by atoms with van der Waals surface area (Å²) in [4.78, 5) is 0. The molecule has 0 spiro atoms. The Morgan fingerprint density at radius 3 is 2.71 bits per heavy atom. The third-order valence-corrected chi connectivity index (χ3v) is 4.97. The van der Waals surface area contributed by atoms with E-state index in [1.54, 1.807) is 0 Å². The smallest absolute Gasteiger partial charge is 0.120 e. The first-order valence-electron chi connectivity index (χ1n) is 8.07. The Morgan fingerprint density at radius 2 is 2.14 bits per heavy atom. The predicted octanol–water partition coefficient (Wildman–Crippen LogP) is 2.63. The lowest BCUT2D eigenvalue weighted by atomic mass is 9.82. The van der Waals surface area contributed by atoms with Crippen LogP contribution in [0, 0.1) is 24.2 Å². The van der Waals surface area contributed by atoms with Crippen LogP contribution in [0.25, 0.3) is 0 Å². The molecule has 0 bridgehead atoms. The quantitative estimate of drug-likeness (QED) is 0.846. The van der Waals surface area contributed by atoms with E-state index < -0.39 is 0 Å². The number of aliphatic hydroxyl groups excluding tert-OH is 1. The number of hydrogen-bond donors (Lipinski definition) is 2. The molecule has 1 atom stereocenters. The van der Waals surface area contributed by atoms with Crippen molar-refractivity contribution in [2.75, 3.05) is 6.61 Å². The molecule has 1 aromatic rings. The summed E-state index contributed by atoms with van der Waals surface area (Å²) in [6, 6.07) is 4.59. The summed E-state index contributed by atoms with van der Waals surface area (Å²) in [5.74, 6) is 0.686. The van der Waals surface area contributed by atoms with E-state index in [0.29, 0.717) is 17.7 Å². The fourth-order valence-electron chi connectivity index (χ4n) is 3.47. The van der Waals surface area contributed by atoms with Crippen LogP contribution in [0.5, 0.6) is 0 Å². The molecule has 1 aliphatic rings. The largest absolute Gasteiger partial charge is 0.396 e. The highest BCUT2D eigenvalue weighted by atomic mass is 16.3. The van der Waals surface area contributed by atoms with Crippen molar-refractivity contribution < 1.29 is 5.11 Å². The second-order valence-corrected chi connectivity index (χ2v) is 6.21. The Kier molecular flexibility index (Phi) is 5.84. The highest BCUT2D eigenvalue weighted by molar-refractivity contribution is 5.34. The molecule has 4 nitrogen and oxygen atoms in total. The predicted molar refractivity (Wildman–Crippen MR) is 83.8 cm³/mol. The van der Waals surface area contributed by atoms with E-state index >= 15 is 0 Å². The molecule has 21 heavy (non-hydrogen) atoms. The summed E-state index contributed by atoms with van der Waals surface area (Å²) in [6.07, 6.45) is 7.35. The van der Waals surface area contributed by atoms with Crippen LogP contribution >= 0.6 is 0 Å². The first kappa shape index (κ1) is 16.1. The minimum atomic E-state index is 0.241. The lowest BCUT2D eigenvalue weighted by Crippen LogP contribution is -2.37. The second kappa shape index (κ2) is 7.63. The van der Waals surface area contributed by atoms with Crippen molar-refractivity contribution in [2.24, 2.45) is 13.0 Å². The molecule has 1 heterocycles. The van der Waals surface area contributed by atoms with Gasteiger partial charge in [0.05, 0.1) is 0 Å². The highest BCUT2D eigenvalue weighted by Gasteiger charge is 2.23. The molecular weight excluding hydrogens is 262 g/mol. The van der Waals surface area contributed by atoms with E-state index in [-0.39, 0.29) is 6.61 Å². The number of nitrogens with zero attached hydrogens (tertiary/aromatic N) is 2. The number of nitriles is 1. The molecule has 1 aromatic heterocycles. The number of rotatable bonds is 6. The van der Waals surface area contributed by atoms with Crippen molar-refractivity contribution in [3.05, 3.63) is 23.0 Å². The third-order valence-electron chi connectivity index (χ3n) is 4.97. The average Bonchev–Trinajstić information content (AvgIpc) is 2.80. The molecule has 1 unspecified atom stereocenters. The Bertz CT molecular complexity index is 495. The molecule has 0 radical (unpaired) electrons. The summed E-state index contributed by atoms with van der Waals surface area (Å²) in [5, 5.41) is 22.0. The van der Waals surface area contributed by atoms with Gasteiger partial charge in [-0.25, -0.2) is 0 Å². The van der Waals surface area contributed by atoms with E-state index in [0.717, 1.165) is 18.7 Å². The van der Waals surface area contributed by atoms with Crippen molar-refractivity contribution in [1.29, 1.82) is 5.26 Å². The maximum atomic E-state index is 9.32. The highest BCUT2D eigenvalue weighted by Crippen LogP contribution is 2.28. The van der Waals surface area contributed by atoms with Crippen LogP contribution < -0.4 is 5.32 Å². The molecule has 2 N–H and O–H groups in total. The lowest BCUT2D eigenvalue weighted by Gasteiger charge is -2.31. The van der Waals surface area contributed by atoms with Gasteiger partial charge in [-0.3, -0.25) is 0 Å². The molecule has 0 amide bonds. The van der Waals surface area contributed by atoms with Gasteiger partial charge in [0.15, 0.2) is 0 Å². The van der Waals surface area contributed by atoms with E-state index in [1.165, 1.54) is 37.7 Å². The van der Waals surface area contributed by atoms with Crippen LogP contribution in [0.4, 0.5) is 0 Å². The van der Waals surface area contributed by atoms with Crippen LogP contribution in [-0.2, 0) is 13.6 Å². The van der Waals surface area contributed by atoms with Crippen LogP contribution in [0.1, 0.15) is 55.5 Å². The number of aliphatic hydroxyl groups is 1. The van der Waals surface area contributed by atoms with Crippen molar-refractivity contribution in [2.45, 2.75) is 58.0 Å². The van der Waals surface area contributed by atoms with Gasteiger partial charge in [0, 0.05) is 31.9 Å². The first-order chi connectivity index (χ1) is 10.2. The molecule has 1 fully saturated rings. The second-order valence-electron chi connectivity index (χ2n) is 6.21. The maximum absolute atomic E-state index is 9.32. The van der Waals surface area contributed by atoms with Gasteiger partial charge in [-0.2, -0.15) is 5.26 Å². The average molecular weight is 289 g/mol. The first-order valence-corrected chi connectivity index (χ1v) is 8.07. The molecule has 0 aliphatic heterocycles. The van der Waals surface area contributed by atoms with Gasteiger partial charge in [0.25, 0.3) is 0 Å². The fraction of sp³-hybridized carbons (Fsp3) is 0.706. The molecular formula is C17H27N3O. The topological polar surface area (TPSA) is 61.0 Å². The van der Waals surface area contributed by atoms with Gasteiger partial charge in [0.1, 0.15) is 11.8 Å². The summed E-state index contributed by atoms with van der Waals surface area (Å²) in [5.41, 5.74) is 3.04. The van der Waals surface area contributed by atoms with Crippen molar-refractivity contribution in [3.63, 3.8) is 0 Å². The van der Waals surface area contributed by atoms with Crippen molar-refractivity contribution in [1.82, 2.24) is 9.88 Å². The van der Waals surface area contributed by atoms with E-state index in [2.05, 4.69) is 18.3 Å². The lowest BCUT2D eigenvalue weighted by molar-refractivity contribution is 0.205. The normalized spacial score (nSPS) is 17.6. The third kappa shape index (κ3) is 3.87. The number of aromatic nitrogens is 1. The standard InChI is InChI=1S/C17H27N3O/c1-13-15(10-16(11-18)20(13)2)12-19-17(8-9-21)14-6-4-3-5-7-14/h10,14,17,19,21H,3-9,12H2,1-2H3. The number of nitrogens with one attached hydrogen (secondary N) is 1. The summed E-state index contributed by atoms with van der Waals surface area (Å²) in [6.45, 7) is 3.08. The van der Waals surface area contributed by atoms with Crippen LogP contribution in [-0.4, -0.2) is 22.3 Å².